The Morgan fingerprint density at radius 2 is 2.13 bits per heavy atom. The fraction of sp³-hybridized carbons (Fsp3) is 0.0909. The van der Waals surface area contributed by atoms with Crippen LogP contribution in [0.15, 0.2) is 65.3 Å². The summed E-state index contributed by atoms with van der Waals surface area (Å²) in [6.45, 7) is 2.11. The van der Waals surface area contributed by atoms with Crippen molar-refractivity contribution in [3.05, 3.63) is 92.9 Å². The maximum atomic E-state index is 13.1. The van der Waals surface area contributed by atoms with Crippen molar-refractivity contribution in [2.45, 2.75) is 13.5 Å². The number of nitro groups is 1. The van der Waals surface area contributed by atoms with Gasteiger partial charge in [-0.05, 0) is 48.4 Å². The summed E-state index contributed by atoms with van der Waals surface area (Å²) in [5.41, 5.74) is 2.21. The molecule has 0 radical (unpaired) electrons. The van der Waals surface area contributed by atoms with Gasteiger partial charge in [-0.25, -0.2) is 4.98 Å². The van der Waals surface area contributed by atoms with E-state index >= 15 is 0 Å². The molecule has 2 aromatic heterocycles. The number of hydrogen-bond donors (Lipinski definition) is 0. The molecule has 4 rings (SSSR count). The van der Waals surface area contributed by atoms with Gasteiger partial charge in [-0.15, -0.1) is 0 Å². The monoisotopic (exact) mass is 453 g/mol. The predicted molar refractivity (Wildman–Crippen MR) is 121 cm³/mol. The van der Waals surface area contributed by atoms with Crippen LogP contribution in [0, 0.1) is 17.0 Å². The fourth-order valence-corrected chi connectivity index (χ4v) is 4.48. The Bertz CT molecular complexity index is 1300. The van der Waals surface area contributed by atoms with E-state index in [1.54, 1.807) is 36.6 Å². The lowest BCUT2D eigenvalue weighted by molar-refractivity contribution is -0.384. The van der Waals surface area contributed by atoms with Crippen LogP contribution < -0.4 is 4.90 Å². The molecule has 9 heteroatoms. The Hall–Kier alpha value is -3.49. The number of furan rings is 1. The van der Waals surface area contributed by atoms with Crippen molar-refractivity contribution in [2.75, 3.05) is 4.90 Å². The van der Waals surface area contributed by atoms with Gasteiger partial charge in [0.05, 0.1) is 27.9 Å². The van der Waals surface area contributed by atoms with Gasteiger partial charge in [-0.1, -0.05) is 35.1 Å². The maximum absolute atomic E-state index is 13.1. The van der Waals surface area contributed by atoms with E-state index < -0.39 is 4.92 Å². The molecule has 1 amide bonds. The van der Waals surface area contributed by atoms with Crippen molar-refractivity contribution in [3.63, 3.8) is 0 Å². The average Bonchev–Trinajstić information content (AvgIpc) is 3.40. The molecule has 0 unspecified atom stereocenters. The Morgan fingerprint density at radius 1 is 1.29 bits per heavy atom. The summed E-state index contributed by atoms with van der Waals surface area (Å²) in [7, 11) is 0. The van der Waals surface area contributed by atoms with Gasteiger partial charge in [0.2, 0.25) is 0 Å². The summed E-state index contributed by atoms with van der Waals surface area (Å²) < 4.78 is 6.30. The number of rotatable bonds is 6. The van der Waals surface area contributed by atoms with E-state index in [1.165, 1.54) is 34.4 Å². The molecule has 156 valence electrons. The first-order valence-corrected chi connectivity index (χ1v) is 10.4. The van der Waals surface area contributed by atoms with Gasteiger partial charge >= 0.3 is 0 Å². The smallest absolute Gasteiger partial charge is 0.270 e. The molecule has 0 fully saturated rings. The van der Waals surface area contributed by atoms with Gasteiger partial charge in [0.1, 0.15) is 5.76 Å². The summed E-state index contributed by atoms with van der Waals surface area (Å²) >= 11 is 7.52. The first-order valence-electron chi connectivity index (χ1n) is 9.24. The third-order valence-corrected chi connectivity index (χ3v) is 5.77. The van der Waals surface area contributed by atoms with Crippen molar-refractivity contribution >= 4 is 56.0 Å². The number of aryl methyl sites for hydroxylation is 1. The number of carbonyl (C=O) groups excluding carboxylic acids is 1. The minimum absolute atomic E-state index is 0.0411. The van der Waals surface area contributed by atoms with Crippen molar-refractivity contribution < 1.29 is 14.1 Å². The highest BCUT2D eigenvalue weighted by atomic mass is 35.5. The number of nitro benzene ring substituents is 1. The summed E-state index contributed by atoms with van der Waals surface area (Å²) in [5.74, 6) is 0.275. The number of hydrogen-bond acceptors (Lipinski definition) is 6. The van der Waals surface area contributed by atoms with Crippen LogP contribution in [0.1, 0.15) is 16.9 Å². The highest BCUT2D eigenvalue weighted by molar-refractivity contribution is 7.22. The second-order valence-corrected chi connectivity index (χ2v) is 8.20. The topological polar surface area (TPSA) is 89.5 Å². The van der Waals surface area contributed by atoms with E-state index in [-0.39, 0.29) is 18.1 Å². The van der Waals surface area contributed by atoms with E-state index in [9.17, 15) is 14.9 Å². The van der Waals surface area contributed by atoms with Crippen LogP contribution in [0.3, 0.4) is 0 Å². The number of amides is 1. The van der Waals surface area contributed by atoms with Crippen LogP contribution in [-0.2, 0) is 11.3 Å². The van der Waals surface area contributed by atoms with Crippen molar-refractivity contribution in [2.24, 2.45) is 0 Å². The summed E-state index contributed by atoms with van der Waals surface area (Å²) in [6.07, 6.45) is 4.45. The normalized spacial score (nSPS) is 11.3. The van der Waals surface area contributed by atoms with Crippen LogP contribution in [0.5, 0.6) is 0 Å². The van der Waals surface area contributed by atoms with Crippen LogP contribution in [0.2, 0.25) is 5.02 Å². The molecule has 0 aliphatic carbocycles. The highest BCUT2D eigenvalue weighted by Crippen LogP contribution is 2.34. The van der Waals surface area contributed by atoms with Crippen LogP contribution in [0.25, 0.3) is 16.3 Å². The minimum Gasteiger partial charge on any atom is -0.467 e. The standard InChI is InChI=1S/C22H16ClN3O4S/c1-14-10-16(23)12-19-21(14)24-22(31-19)25(13-18-6-3-9-30-18)20(27)8-7-15-4-2-5-17(11-15)26(28)29/h2-12H,13H2,1H3/b8-7+. The summed E-state index contributed by atoms with van der Waals surface area (Å²) in [4.78, 5) is 29.8. The molecule has 0 saturated heterocycles. The molecule has 0 aliphatic heterocycles. The zero-order valence-electron chi connectivity index (χ0n) is 16.3. The Morgan fingerprint density at radius 3 is 2.87 bits per heavy atom. The number of aromatic nitrogens is 1. The number of non-ortho nitro benzene ring substituents is 1. The van der Waals surface area contributed by atoms with E-state index in [1.807, 2.05) is 19.1 Å². The molecule has 0 atom stereocenters. The summed E-state index contributed by atoms with van der Waals surface area (Å²) in [5, 5.41) is 12.1. The molecule has 7 nitrogen and oxygen atoms in total. The molecule has 0 saturated carbocycles. The van der Waals surface area contributed by atoms with Crippen LogP contribution in [0.4, 0.5) is 10.8 Å². The quantitative estimate of drug-likeness (QED) is 0.203. The molecular weight excluding hydrogens is 438 g/mol. The lowest BCUT2D eigenvalue weighted by Gasteiger charge is -2.16. The van der Waals surface area contributed by atoms with Crippen LogP contribution >= 0.6 is 22.9 Å². The van der Waals surface area contributed by atoms with Crippen molar-refractivity contribution in [3.8, 4) is 0 Å². The zero-order valence-corrected chi connectivity index (χ0v) is 17.9. The van der Waals surface area contributed by atoms with Crippen LogP contribution in [-0.4, -0.2) is 15.8 Å². The molecule has 0 spiro atoms. The van der Waals surface area contributed by atoms with Crippen molar-refractivity contribution in [1.29, 1.82) is 0 Å². The minimum atomic E-state index is -0.475. The zero-order chi connectivity index (χ0) is 22.0. The first-order chi connectivity index (χ1) is 14.9. The van der Waals surface area contributed by atoms with Gasteiger partial charge in [0.25, 0.3) is 11.6 Å². The Kier molecular flexibility index (Phi) is 5.83. The largest absolute Gasteiger partial charge is 0.467 e. The predicted octanol–water partition coefficient (Wildman–Crippen LogP) is 6.01. The molecule has 0 N–H and O–H groups in total. The fourth-order valence-electron chi connectivity index (χ4n) is 3.06. The van der Waals surface area contributed by atoms with Crippen molar-refractivity contribution in [1.82, 2.24) is 4.98 Å². The van der Waals surface area contributed by atoms with Gasteiger partial charge in [0.15, 0.2) is 5.13 Å². The SMILES string of the molecule is Cc1cc(Cl)cc2sc(N(Cc3ccco3)C(=O)/C=C/c3cccc([N+](=O)[O-])c3)nc12. The third-order valence-electron chi connectivity index (χ3n) is 4.53. The third kappa shape index (κ3) is 4.65. The molecule has 2 aromatic carbocycles. The highest BCUT2D eigenvalue weighted by Gasteiger charge is 2.20. The Labute approximate surface area is 186 Å². The van der Waals surface area contributed by atoms with E-state index in [0.29, 0.717) is 21.5 Å². The number of carbonyl (C=O) groups is 1. The van der Waals surface area contributed by atoms with Gasteiger partial charge in [-0.3, -0.25) is 19.8 Å². The molecule has 2 heterocycles. The second kappa shape index (κ2) is 8.71. The van der Waals surface area contributed by atoms with E-state index in [0.717, 1.165) is 15.8 Å². The lowest BCUT2D eigenvalue weighted by atomic mass is 10.2. The number of fused-ring (bicyclic) bond motifs is 1. The van der Waals surface area contributed by atoms with E-state index in [2.05, 4.69) is 4.98 Å². The molecule has 31 heavy (non-hydrogen) atoms. The average molecular weight is 454 g/mol. The van der Waals surface area contributed by atoms with Gasteiger partial charge in [0, 0.05) is 23.2 Å². The Balaban J connectivity index is 1.68. The number of nitrogens with zero attached hydrogens (tertiary/aromatic N) is 3. The number of benzene rings is 2. The molecular formula is C22H16ClN3O4S. The second-order valence-electron chi connectivity index (χ2n) is 6.76. The van der Waals surface area contributed by atoms with Gasteiger partial charge in [-0.2, -0.15) is 0 Å². The number of thiazole rings is 1. The van der Waals surface area contributed by atoms with E-state index in [4.69, 9.17) is 16.0 Å². The summed E-state index contributed by atoms with van der Waals surface area (Å²) in [6, 6.07) is 13.2. The molecule has 0 aliphatic rings. The lowest BCUT2D eigenvalue weighted by Crippen LogP contribution is -2.28. The first kappa shape index (κ1) is 20.8. The molecule has 4 aromatic rings. The van der Waals surface area contributed by atoms with Gasteiger partial charge < -0.3 is 4.42 Å². The molecule has 0 bridgehead atoms. The maximum Gasteiger partial charge on any atom is 0.270 e. The number of anilines is 1. The number of halogens is 1.